The summed E-state index contributed by atoms with van der Waals surface area (Å²) >= 11 is 0. The highest BCUT2D eigenvalue weighted by molar-refractivity contribution is 14.0. The van der Waals surface area contributed by atoms with Gasteiger partial charge in [0.25, 0.3) is 0 Å². The number of aromatic nitrogens is 2. The van der Waals surface area contributed by atoms with Crippen LogP contribution in [0.3, 0.4) is 0 Å². The smallest absolute Gasteiger partial charge is 0.240 e. The van der Waals surface area contributed by atoms with Crippen LogP contribution < -0.4 is 15.4 Å². The summed E-state index contributed by atoms with van der Waals surface area (Å²) in [5.41, 5.74) is 2.03. The number of guanidine groups is 1. The molecule has 0 radical (unpaired) electrons. The van der Waals surface area contributed by atoms with Crippen molar-refractivity contribution in [3.05, 3.63) is 47.8 Å². The van der Waals surface area contributed by atoms with E-state index in [0.717, 1.165) is 11.3 Å². The van der Waals surface area contributed by atoms with Gasteiger partial charge >= 0.3 is 0 Å². The van der Waals surface area contributed by atoms with E-state index in [1.54, 1.807) is 42.2 Å². The van der Waals surface area contributed by atoms with Crippen molar-refractivity contribution >= 4 is 40.0 Å². The molecule has 2 aromatic rings. The Morgan fingerprint density at radius 3 is 2.42 bits per heavy atom. The molecule has 144 valence electrons. The fourth-order valence-corrected chi connectivity index (χ4v) is 3.17. The predicted octanol–water partition coefficient (Wildman–Crippen LogP) is 0.990. The Morgan fingerprint density at radius 1 is 1.15 bits per heavy atom. The van der Waals surface area contributed by atoms with E-state index in [0.29, 0.717) is 19.0 Å². The van der Waals surface area contributed by atoms with Gasteiger partial charge in [-0.2, -0.15) is 5.10 Å². The van der Waals surface area contributed by atoms with Crippen LogP contribution in [0.1, 0.15) is 11.3 Å². The average Bonchev–Trinajstić information content (AvgIpc) is 2.99. The molecule has 1 heterocycles. The van der Waals surface area contributed by atoms with E-state index in [1.807, 2.05) is 20.0 Å². The third-order valence-corrected chi connectivity index (χ3v) is 5.10. The molecule has 0 atom stereocenters. The highest BCUT2D eigenvalue weighted by Gasteiger charge is 2.12. The topological polar surface area (TPSA) is 100 Å². The maximum Gasteiger partial charge on any atom is 0.240 e. The molecule has 0 fully saturated rings. The molecule has 10 heteroatoms. The third-order valence-electron chi connectivity index (χ3n) is 3.62. The number of aliphatic imine (C=N–C) groups is 1. The third kappa shape index (κ3) is 6.57. The fraction of sp³-hybridized carbons (Fsp3) is 0.375. The summed E-state index contributed by atoms with van der Waals surface area (Å²) in [4.78, 5) is 4.37. The SMILES string of the molecule is CN=C(NCCNS(=O)(=O)c1ccc(C)cc1)NCc1ccnn1C.I. The molecule has 1 aromatic heterocycles. The van der Waals surface area contributed by atoms with Crippen molar-refractivity contribution in [3.63, 3.8) is 0 Å². The molecule has 0 aliphatic rings. The Hall–Kier alpha value is -1.66. The number of nitrogens with one attached hydrogen (secondary N) is 3. The molecule has 26 heavy (non-hydrogen) atoms. The number of sulfonamides is 1. The van der Waals surface area contributed by atoms with Crippen LogP contribution in [0.25, 0.3) is 0 Å². The van der Waals surface area contributed by atoms with Crippen molar-refractivity contribution in [2.45, 2.75) is 18.4 Å². The van der Waals surface area contributed by atoms with Gasteiger partial charge in [-0.05, 0) is 25.1 Å². The number of nitrogens with zero attached hydrogens (tertiary/aromatic N) is 3. The van der Waals surface area contributed by atoms with Gasteiger partial charge in [0.05, 0.1) is 17.1 Å². The van der Waals surface area contributed by atoms with Crippen LogP contribution in [0, 0.1) is 6.92 Å². The van der Waals surface area contributed by atoms with Gasteiger partial charge < -0.3 is 10.6 Å². The first kappa shape index (κ1) is 22.4. The number of hydrogen-bond acceptors (Lipinski definition) is 4. The summed E-state index contributed by atoms with van der Waals surface area (Å²) in [6.07, 6.45) is 1.73. The molecule has 0 unspecified atom stereocenters. The Kier molecular flexibility index (Phi) is 9.02. The van der Waals surface area contributed by atoms with E-state index in [1.165, 1.54) is 0 Å². The first-order chi connectivity index (χ1) is 11.9. The highest BCUT2D eigenvalue weighted by atomic mass is 127. The van der Waals surface area contributed by atoms with E-state index in [9.17, 15) is 8.42 Å². The minimum Gasteiger partial charge on any atom is -0.355 e. The lowest BCUT2D eigenvalue weighted by Gasteiger charge is -2.12. The number of aryl methyl sites for hydroxylation is 2. The maximum absolute atomic E-state index is 12.2. The molecule has 0 amide bonds. The maximum atomic E-state index is 12.2. The first-order valence-electron chi connectivity index (χ1n) is 7.90. The first-order valence-corrected chi connectivity index (χ1v) is 9.38. The summed E-state index contributed by atoms with van der Waals surface area (Å²) in [6, 6.07) is 8.66. The predicted molar refractivity (Wildman–Crippen MR) is 113 cm³/mol. The lowest BCUT2D eigenvalue weighted by molar-refractivity contribution is 0.580. The summed E-state index contributed by atoms with van der Waals surface area (Å²) < 4.78 is 28.7. The van der Waals surface area contributed by atoms with E-state index in [-0.39, 0.29) is 35.4 Å². The number of rotatable bonds is 7. The standard InChI is InChI=1S/C16H24N6O2S.HI/c1-13-4-6-15(7-5-13)25(23,24)21-11-10-18-16(17-2)19-12-14-8-9-20-22(14)3;/h4-9,21H,10-12H2,1-3H3,(H2,17,18,19);1H. The van der Waals surface area contributed by atoms with Crippen molar-refractivity contribution in [2.75, 3.05) is 20.1 Å². The van der Waals surface area contributed by atoms with Gasteiger partial charge in [0, 0.05) is 33.4 Å². The summed E-state index contributed by atoms with van der Waals surface area (Å²) in [6.45, 7) is 3.15. The van der Waals surface area contributed by atoms with E-state index >= 15 is 0 Å². The Bertz CT molecular complexity index is 818. The molecule has 2 rings (SSSR count). The number of halogens is 1. The van der Waals surface area contributed by atoms with Crippen LogP contribution >= 0.6 is 24.0 Å². The molecule has 0 saturated heterocycles. The van der Waals surface area contributed by atoms with Gasteiger partial charge in [0.15, 0.2) is 5.96 Å². The molecule has 1 aromatic carbocycles. The molecule has 0 spiro atoms. The molecule has 0 bridgehead atoms. The minimum atomic E-state index is -3.50. The van der Waals surface area contributed by atoms with E-state index < -0.39 is 10.0 Å². The van der Waals surface area contributed by atoms with Gasteiger partial charge in [0.2, 0.25) is 10.0 Å². The molecule has 0 saturated carbocycles. The largest absolute Gasteiger partial charge is 0.355 e. The Balaban J connectivity index is 0.00000338. The van der Waals surface area contributed by atoms with Crippen LogP contribution in [-0.4, -0.2) is 44.3 Å². The van der Waals surface area contributed by atoms with E-state index in [4.69, 9.17) is 0 Å². The lowest BCUT2D eigenvalue weighted by Crippen LogP contribution is -2.41. The van der Waals surface area contributed by atoms with Gasteiger partial charge in [-0.1, -0.05) is 17.7 Å². The van der Waals surface area contributed by atoms with Crippen molar-refractivity contribution in [2.24, 2.45) is 12.0 Å². The summed E-state index contributed by atoms with van der Waals surface area (Å²) in [7, 11) is 0.0329. The van der Waals surface area contributed by atoms with Gasteiger partial charge in [0.1, 0.15) is 0 Å². The zero-order valence-corrected chi connectivity index (χ0v) is 18.2. The van der Waals surface area contributed by atoms with Crippen LogP contribution in [0.15, 0.2) is 46.4 Å². The second-order valence-corrected chi connectivity index (χ2v) is 7.28. The van der Waals surface area contributed by atoms with Gasteiger partial charge in [-0.3, -0.25) is 9.67 Å². The molecule has 0 aliphatic heterocycles. The van der Waals surface area contributed by atoms with E-state index in [2.05, 4.69) is 25.4 Å². The van der Waals surface area contributed by atoms with Crippen molar-refractivity contribution < 1.29 is 8.42 Å². The zero-order chi connectivity index (χ0) is 18.3. The normalized spacial score (nSPS) is 11.7. The lowest BCUT2D eigenvalue weighted by atomic mass is 10.2. The quantitative estimate of drug-likeness (QED) is 0.232. The molecule has 3 N–H and O–H groups in total. The van der Waals surface area contributed by atoms with Gasteiger partial charge in [-0.15, -0.1) is 24.0 Å². The molecule has 8 nitrogen and oxygen atoms in total. The van der Waals surface area contributed by atoms with Crippen LogP contribution in [0.4, 0.5) is 0 Å². The number of benzene rings is 1. The monoisotopic (exact) mass is 492 g/mol. The zero-order valence-electron chi connectivity index (χ0n) is 15.1. The average molecular weight is 492 g/mol. The fourth-order valence-electron chi connectivity index (χ4n) is 2.14. The molecular weight excluding hydrogens is 467 g/mol. The highest BCUT2D eigenvalue weighted by Crippen LogP contribution is 2.09. The molecular formula is C16H25IN6O2S. The second kappa shape index (κ2) is 10.5. The van der Waals surface area contributed by atoms with Crippen molar-refractivity contribution in [3.8, 4) is 0 Å². The Morgan fingerprint density at radius 2 is 1.85 bits per heavy atom. The van der Waals surface area contributed by atoms with Gasteiger partial charge in [-0.25, -0.2) is 13.1 Å². The second-order valence-electron chi connectivity index (χ2n) is 5.51. The summed E-state index contributed by atoms with van der Waals surface area (Å²) in [5, 5.41) is 10.3. The van der Waals surface area contributed by atoms with Crippen molar-refractivity contribution in [1.82, 2.24) is 25.1 Å². The summed E-state index contributed by atoms with van der Waals surface area (Å²) in [5.74, 6) is 0.593. The van der Waals surface area contributed by atoms with Crippen LogP contribution in [-0.2, 0) is 23.6 Å². The van der Waals surface area contributed by atoms with Crippen LogP contribution in [0.2, 0.25) is 0 Å². The molecule has 0 aliphatic carbocycles. The van der Waals surface area contributed by atoms with Crippen LogP contribution in [0.5, 0.6) is 0 Å². The minimum absolute atomic E-state index is 0. The Labute approximate surface area is 171 Å². The number of hydrogen-bond donors (Lipinski definition) is 3. The van der Waals surface area contributed by atoms with Crippen molar-refractivity contribution in [1.29, 1.82) is 0 Å².